The number of rotatable bonds is 4. The van der Waals surface area contributed by atoms with E-state index in [1.807, 2.05) is 61.6 Å². The SMILES string of the molecule is Cc1cc(-c2[c-]cccc2)nc[c]1[Ge]([CH3])([CH3])[CH3].[2H]C(C)(C)c1ccnc(-c2[c-]ccc3c2sc2c3ccc3cccc(C)c32)c1.[Ir]. The standard InChI is InChI=1S/C25H20NS.C15H18GeN.Ir/c1-15(2)18-12-13-26-22(14-18)21-9-5-8-19-20-11-10-17-7-4-6-16(3)23(17)25(20)27-24(19)21;1-12-10-15(13-8-6-5-7-9-13)17-11-14(12)16(2,3)4;/h4-8,10-15H,1-3H3;5-8,10-11H,1-4H3;/q2*-1;/i15D;;. The van der Waals surface area contributed by atoms with Crippen LogP contribution in [0.1, 0.15) is 37.8 Å². The topological polar surface area (TPSA) is 25.8 Å². The number of hydrogen-bond donors (Lipinski definition) is 0. The molecule has 5 heteroatoms. The van der Waals surface area contributed by atoms with Crippen LogP contribution in [0.25, 0.3) is 53.5 Å². The Morgan fingerprint density at radius 3 is 2.29 bits per heavy atom. The molecule has 0 aliphatic heterocycles. The quantitative estimate of drug-likeness (QED) is 0.130. The fraction of sp³-hybridized carbons (Fsp3) is 0.200. The van der Waals surface area contributed by atoms with Crippen molar-refractivity contribution >= 4 is 59.9 Å². The van der Waals surface area contributed by atoms with Crippen LogP contribution in [0.15, 0.2) is 97.3 Å². The van der Waals surface area contributed by atoms with Gasteiger partial charge in [-0.05, 0) is 45.6 Å². The number of fused-ring (bicyclic) bond motifs is 5. The van der Waals surface area contributed by atoms with Crippen molar-refractivity contribution in [1.82, 2.24) is 9.97 Å². The summed E-state index contributed by atoms with van der Waals surface area (Å²) < 4.78 is 12.4. The van der Waals surface area contributed by atoms with Gasteiger partial charge < -0.3 is 4.98 Å². The third-order valence-corrected chi connectivity index (χ3v) is 13.9. The smallest absolute Gasteiger partial charge is 0.0346 e. The Bertz CT molecular complexity index is 2160. The third kappa shape index (κ3) is 6.85. The molecule has 3 aromatic heterocycles. The van der Waals surface area contributed by atoms with E-state index in [0.29, 0.717) is 0 Å². The van der Waals surface area contributed by atoms with Gasteiger partial charge in [0.05, 0.1) is 0 Å². The van der Waals surface area contributed by atoms with Crippen LogP contribution >= 0.6 is 11.3 Å². The first kappa shape index (κ1) is 31.8. The van der Waals surface area contributed by atoms with Gasteiger partial charge in [-0.2, -0.15) is 11.3 Å². The molecular weight excluding hydrogens is 805 g/mol. The number of thiophene rings is 1. The normalized spacial score (nSPS) is 12.0. The van der Waals surface area contributed by atoms with Gasteiger partial charge in [-0.1, -0.05) is 61.2 Å². The van der Waals surface area contributed by atoms with Crippen LogP contribution in [-0.2, 0) is 20.1 Å². The molecular formula is C40H38GeIrN2S-2. The van der Waals surface area contributed by atoms with Crippen molar-refractivity contribution in [2.75, 3.05) is 0 Å². The van der Waals surface area contributed by atoms with Crippen molar-refractivity contribution in [3.8, 4) is 22.5 Å². The molecule has 2 nitrogen and oxygen atoms in total. The molecule has 0 unspecified atom stereocenters. The van der Waals surface area contributed by atoms with Crippen molar-refractivity contribution in [2.45, 2.75) is 50.9 Å². The summed E-state index contributed by atoms with van der Waals surface area (Å²) in [4.78, 5) is 9.21. The van der Waals surface area contributed by atoms with Gasteiger partial charge in [-0.3, -0.25) is 0 Å². The maximum Gasteiger partial charge on any atom is 0.0346 e. The predicted molar refractivity (Wildman–Crippen MR) is 194 cm³/mol. The number of nitrogens with zero attached hydrogens (tertiary/aromatic N) is 2. The molecule has 0 amide bonds. The summed E-state index contributed by atoms with van der Waals surface area (Å²) in [6.45, 7) is 8.19. The molecule has 1 radical (unpaired) electrons. The van der Waals surface area contributed by atoms with Crippen LogP contribution in [0.4, 0.5) is 0 Å². The monoisotopic (exact) mass is 846 g/mol. The number of hydrogen-bond acceptors (Lipinski definition) is 3. The zero-order valence-electron chi connectivity index (χ0n) is 27.9. The molecule has 0 N–H and O–H groups in total. The Morgan fingerprint density at radius 1 is 0.778 bits per heavy atom. The van der Waals surface area contributed by atoms with Crippen LogP contribution in [0.2, 0.25) is 17.3 Å². The van der Waals surface area contributed by atoms with Crippen LogP contribution in [0, 0.1) is 26.0 Å². The van der Waals surface area contributed by atoms with Gasteiger partial charge >= 0.3 is 106 Å². The molecule has 229 valence electrons. The van der Waals surface area contributed by atoms with Gasteiger partial charge in [0.15, 0.2) is 0 Å². The first-order valence-corrected chi connectivity index (χ1v) is 23.2. The van der Waals surface area contributed by atoms with E-state index in [2.05, 4.69) is 108 Å². The van der Waals surface area contributed by atoms with Crippen LogP contribution in [0.5, 0.6) is 0 Å². The second-order valence-corrected chi connectivity index (χ2v) is 24.2. The van der Waals surface area contributed by atoms with E-state index < -0.39 is 19.2 Å². The van der Waals surface area contributed by atoms with E-state index >= 15 is 0 Å². The van der Waals surface area contributed by atoms with Crippen molar-refractivity contribution < 1.29 is 21.5 Å². The molecule has 0 aliphatic rings. The van der Waals surface area contributed by atoms with Crippen molar-refractivity contribution in [2.24, 2.45) is 0 Å². The second kappa shape index (κ2) is 13.7. The van der Waals surface area contributed by atoms with E-state index in [1.54, 1.807) is 6.20 Å². The number of aromatic nitrogens is 2. The Hall–Kier alpha value is -3.15. The molecule has 0 spiro atoms. The van der Waals surface area contributed by atoms with Gasteiger partial charge in [0, 0.05) is 37.8 Å². The second-order valence-electron chi connectivity index (χ2n) is 12.7. The average molecular weight is 845 g/mol. The first-order valence-electron chi connectivity index (χ1n) is 15.6. The molecule has 7 rings (SSSR count). The molecule has 0 saturated carbocycles. The van der Waals surface area contributed by atoms with Gasteiger partial charge in [0.1, 0.15) is 0 Å². The van der Waals surface area contributed by atoms with Gasteiger partial charge in [-0.25, -0.2) is 0 Å². The summed E-state index contributed by atoms with van der Waals surface area (Å²) in [6, 6.07) is 35.9. The van der Waals surface area contributed by atoms with Crippen LogP contribution in [-0.4, -0.2) is 23.2 Å². The largest absolute Gasteiger partial charge is 0.305 e. The van der Waals surface area contributed by atoms with Gasteiger partial charge in [-0.15, -0.1) is 23.8 Å². The number of benzene rings is 4. The summed E-state index contributed by atoms with van der Waals surface area (Å²) in [6.07, 6.45) is 3.88. The molecule has 4 aromatic carbocycles. The molecule has 0 bridgehead atoms. The minimum Gasteiger partial charge on any atom is -0.305 e. The summed E-state index contributed by atoms with van der Waals surface area (Å²) >= 11 is 0.0494. The molecule has 45 heavy (non-hydrogen) atoms. The molecule has 0 saturated heterocycles. The molecule has 0 fully saturated rings. The summed E-state index contributed by atoms with van der Waals surface area (Å²) in [5.41, 5.74) is 7.64. The fourth-order valence-corrected chi connectivity index (χ4v) is 10.9. The van der Waals surface area contributed by atoms with E-state index in [0.717, 1.165) is 28.1 Å². The minimum atomic E-state index is -1.77. The van der Waals surface area contributed by atoms with Gasteiger partial charge in [0.25, 0.3) is 0 Å². The van der Waals surface area contributed by atoms with Crippen molar-refractivity contribution in [3.63, 3.8) is 0 Å². The molecule has 0 aliphatic carbocycles. The molecule has 0 atom stereocenters. The maximum absolute atomic E-state index is 8.36. The van der Waals surface area contributed by atoms with E-state index in [9.17, 15) is 0 Å². The zero-order valence-corrected chi connectivity index (χ0v) is 32.2. The molecule has 7 aromatic rings. The predicted octanol–water partition coefficient (Wildman–Crippen LogP) is 10.9. The van der Waals surface area contributed by atoms with Crippen LogP contribution in [0.3, 0.4) is 0 Å². The van der Waals surface area contributed by atoms with E-state index in [1.165, 1.54) is 46.5 Å². The van der Waals surface area contributed by atoms with Gasteiger partial charge in [0.2, 0.25) is 0 Å². The van der Waals surface area contributed by atoms with Crippen LogP contribution < -0.4 is 4.40 Å². The first-order chi connectivity index (χ1) is 21.4. The molecule has 3 heterocycles. The van der Waals surface area contributed by atoms with Crippen molar-refractivity contribution in [1.29, 1.82) is 0 Å². The van der Waals surface area contributed by atoms with Crippen molar-refractivity contribution in [3.05, 3.63) is 126 Å². The van der Waals surface area contributed by atoms with E-state index in [4.69, 9.17) is 1.37 Å². The third-order valence-electron chi connectivity index (χ3n) is 8.15. The maximum atomic E-state index is 8.36. The summed E-state index contributed by atoms with van der Waals surface area (Å²) in [5, 5.41) is 5.15. The number of pyridine rings is 2. The average Bonchev–Trinajstić information content (AvgIpc) is 3.40. The van der Waals surface area contributed by atoms with E-state index in [-0.39, 0.29) is 20.1 Å². The Labute approximate surface area is 289 Å². The Kier molecular flexibility index (Phi) is 9.68. The summed E-state index contributed by atoms with van der Waals surface area (Å²) in [5.74, 6) is 6.55. The number of aryl methyl sites for hydroxylation is 2. The fourth-order valence-electron chi connectivity index (χ4n) is 5.86. The Balaban J connectivity index is 0.000000200. The zero-order chi connectivity index (χ0) is 31.9. The Morgan fingerprint density at radius 2 is 1.58 bits per heavy atom. The summed E-state index contributed by atoms with van der Waals surface area (Å²) in [7, 11) is 0. The minimum absolute atomic E-state index is 0.